The summed E-state index contributed by atoms with van der Waals surface area (Å²) in [4.78, 5) is 5.23. The molecule has 0 amide bonds. The number of nitrogens with zero attached hydrogens (tertiary/aromatic N) is 2. The van der Waals surface area contributed by atoms with E-state index in [0.717, 1.165) is 35.0 Å². The van der Waals surface area contributed by atoms with Crippen molar-refractivity contribution < 1.29 is 8.78 Å². The van der Waals surface area contributed by atoms with Gasteiger partial charge in [-0.1, -0.05) is 49.1 Å². The number of anilines is 1. The van der Waals surface area contributed by atoms with Gasteiger partial charge < -0.3 is 11.1 Å². The number of hydrogen-bond donors (Lipinski definition) is 2. The van der Waals surface area contributed by atoms with Gasteiger partial charge in [-0.2, -0.15) is 0 Å². The highest BCUT2D eigenvalue weighted by Crippen LogP contribution is 2.40. The number of fused-ring (bicyclic) bond motifs is 1. The summed E-state index contributed by atoms with van der Waals surface area (Å²) >= 11 is 1.40. The Labute approximate surface area is 189 Å². The molecule has 3 N–H and O–H groups in total. The fourth-order valence-electron chi connectivity index (χ4n) is 3.77. The molecule has 0 fully saturated rings. The summed E-state index contributed by atoms with van der Waals surface area (Å²) in [5.74, 6) is -1.04. The van der Waals surface area contributed by atoms with Crippen molar-refractivity contribution in [3.05, 3.63) is 94.8 Å². The summed E-state index contributed by atoms with van der Waals surface area (Å²) in [6, 6.07) is 9.80. The SMILES string of the molecule is C=C/C(F)=C(\C(F)=C/C)c1nc2scc(-c3ccccc3)n2c1NC1=C(N)CCC=C1C. The van der Waals surface area contributed by atoms with Gasteiger partial charge in [-0.15, -0.1) is 11.3 Å². The molecular formula is C25H24F2N4S. The van der Waals surface area contributed by atoms with Crippen LogP contribution in [0, 0.1) is 0 Å². The van der Waals surface area contributed by atoms with E-state index in [1.165, 1.54) is 24.3 Å². The minimum atomic E-state index is -0.784. The van der Waals surface area contributed by atoms with E-state index < -0.39 is 11.7 Å². The van der Waals surface area contributed by atoms with Crippen molar-refractivity contribution in [1.82, 2.24) is 9.38 Å². The number of benzene rings is 1. The number of hydrogen-bond acceptors (Lipinski definition) is 4. The Morgan fingerprint density at radius 1 is 1.28 bits per heavy atom. The number of nitrogens with two attached hydrogens (primary N) is 1. The maximum Gasteiger partial charge on any atom is 0.196 e. The molecule has 1 aliphatic carbocycles. The van der Waals surface area contributed by atoms with Crippen molar-refractivity contribution in [2.45, 2.75) is 26.7 Å². The third kappa shape index (κ3) is 3.80. The Morgan fingerprint density at radius 2 is 2.03 bits per heavy atom. The molecule has 0 radical (unpaired) electrons. The Morgan fingerprint density at radius 3 is 2.69 bits per heavy atom. The molecule has 4 nitrogen and oxygen atoms in total. The summed E-state index contributed by atoms with van der Waals surface area (Å²) in [6.07, 6.45) is 5.87. The standard InChI is InChI=1S/C25H24F2N4S/c1-4-17(26)21(18(27)5-2)23-24(29-22-15(3)10-9-13-19(22)28)31-20(14-32-25(31)30-23)16-11-7-6-8-12-16/h4-8,10-12,14,29H,1,9,13,28H2,2-3H3/b18-5+,21-17-. The third-order valence-electron chi connectivity index (χ3n) is 5.40. The first-order valence-corrected chi connectivity index (χ1v) is 11.2. The normalized spacial score (nSPS) is 15.6. The van der Waals surface area contributed by atoms with E-state index in [1.54, 1.807) is 0 Å². The molecule has 2 aromatic heterocycles. The van der Waals surface area contributed by atoms with Crippen LogP contribution in [0.5, 0.6) is 0 Å². The maximum atomic E-state index is 14.9. The van der Waals surface area contributed by atoms with Crippen LogP contribution in [0.15, 0.2) is 89.1 Å². The molecule has 0 unspecified atom stereocenters. The molecule has 0 spiro atoms. The molecule has 1 aliphatic rings. The van der Waals surface area contributed by atoms with Crippen molar-refractivity contribution >= 4 is 27.7 Å². The number of imidazole rings is 1. The van der Waals surface area contributed by atoms with E-state index in [1.807, 2.05) is 47.0 Å². The summed E-state index contributed by atoms with van der Waals surface area (Å²) in [6.45, 7) is 6.96. The van der Waals surface area contributed by atoms with Crippen LogP contribution in [0.1, 0.15) is 32.4 Å². The lowest BCUT2D eigenvalue weighted by molar-refractivity contribution is 0.639. The first-order valence-electron chi connectivity index (χ1n) is 10.3. The van der Waals surface area contributed by atoms with Crippen molar-refractivity contribution in [2.75, 3.05) is 5.32 Å². The van der Waals surface area contributed by atoms with Gasteiger partial charge in [0.1, 0.15) is 23.2 Å². The van der Waals surface area contributed by atoms with E-state index in [9.17, 15) is 8.78 Å². The van der Waals surface area contributed by atoms with Crippen LogP contribution in [-0.2, 0) is 0 Å². The Balaban J connectivity index is 2.03. The molecule has 164 valence electrons. The van der Waals surface area contributed by atoms with Gasteiger partial charge >= 0.3 is 0 Å². The number of allylic oxidation sites excluding steroid dienone is 8. The topological polar surface area (TPSA) is 55.3 Å². The predicted molar refractivity (Wildman–Crippen MR) is 129 cm³/mol. The number of nitrogens with one attached hydrogen (secondary N) is 1. The lowest BCUT2D eigenvalue weighted by Crippen LogP contribution is -2.15. The first kappa shape index (κ1) is 21.8. The average molecular weight is 451 g/mol. The number of aromatic nitrogens is 2. The zero-order chi connectivity index (χ0) is 22.8. The van der Waals surface area contributed by atoms with Gasteiger partial charge in [0.15, 0.2) is 4.96 Å². The van der Waals surface area contributed by atoms with Crippen LogP contribution in [0.25, 0.3) is 21.8 Å². The van der Waals surface area contributed by atoms with E-state index in [0.29, 0.717) is 22.9 Å². The largest absolute Gasteiger partial charge is 0.400 e. The fourth-order valence-corrected chi connectivity index (χ4v) is 4.67. The second kappa shape index (κ2) is 8.96. The second-order valence-electron chi connectivity index (χ2n) is 7.43. The molecule has 3 aromatic rings. The highest BCUT2D eigenvalue weighted by molar-refractivity contribution is 7.15. The number of thiazole rings is 1. The predicted octanol–water partition coefficient (Wildman–Crippen LogP) is 7.13. The van der Waals surface area contributed by atoms with Crippen LogP contribution in [0.2, 0.25) is 0 Å². The van der Waals surface area contributed by atoms with Gasteiger partial charge in [0.25, 0.3) is 0 Å². The zero-order valence-corrected chi connectivity index (χ0v) is 18.8. The summed E-state index contributed by atoms with van der Waals surface area (Å²) in [7, 11) is 0. The minimum absolute atomic E-state index is 0.167. The van der Waals surface area contributed by atoms with Crippen molar-refractivity contribution in [3.63, 3.8) is 0 Å². The molecule has 7 heteroatoms. The average Bonchev–Trinajstić information content (AvgIpc) is 3.36. The van der Waals surface area contributed by atoms with Gasteiger partial charge in [-0.05, 0) is 43.9 Å². The summed E-state index contributed by atoms with van der Waals surface area (Å²) < 4.78 is 31.6. The molecule has 32 heavy (non-hydrogen) atoms. The highest BCUT2D eigenvalue weighted by atomic mass is 32.1. The van der Waals surface area contributed by atoms with Gasteiger partial charge in [0, 0.05) is 11.1 Å². The molecule has 0 bridgehead atoms. The van der Waals surface area contributed by atoms with Gasteiger partial charge in [0.2, 0.25) is 0 Å². The lowest BCUT2D eigenvalue weighted by Gasteiger charge is -2.20. The van der Waals surface area contributed by atoms with Gasteiger partial charge in [-0.25, -0.2) is 13.8 Å². The van der Waals surface area contributed by atoms with Crippen LogP contribution in [0.4, 0.5) is 14.6 Å². The van der Waals surface area contributed by atoms with Gasteiger partial charge in [-0.3, -0.25) is 4.40 Å². The fraction of sp³-hybridized carbons (Fsp3) is 0.160. The van der Waals surface area contributed by atoms with E-state index in [4.69, 9.17) is 5.73 Å². The molecule has 2 heterocycles. The second-order valence-corrected chi connectivity index (χ2v) is 8.27. The monoisotopic (exact) mass is 450 g/mol. The van der Waals surface area contributed by atoms with Crippen molar-refractivity contribution in [1.29, 1.82) is 0 Å². The molecule has 0 aliphatic heterocycles. The number of halogens is 2. The third-order valence-corrected chi connectivity index (χ3v) is 6.23. The molecule has 1 aromatic carbocycles. The van der Waals surface area contributed by atoms with E-state index in [2.05, 4.69) is 23.0 Å². The maximum absolute atomic E-state index is 14.9. The quantitative estimate of drug-likeness (QED) is 0.393. The van der Waals surface area contributed by atoms with Crippen LogP contribution >= 0.6 is 11.3 Å². The van der Waals surface area contributed by atoms with Crippen LogP contribution < -0.4 is 11.1 Å². The first-order chi connectivity index (χ1) is 15.5. The summed E-state index contributed by atoms with van der Waals surface area (Å²) in [5, 5.41) is 5.35. The molecule has 4 rings (SSSR count). The van der Waals surface area contributed by atoms with Crippen LogP contribution in [-0.4, -0.2) is 9.38 Å². The van der Waals surface area contributed by atoms with Crippen LogP contribution in [0.3, 0.4) is 0 Å². The Kier molecular flexibility index (Phi) is 6.10. The lowest BCUT2D eigenvalue weighted by atomic mass is 10.0. The molecule has 0 atom stereocenters. The van der Waals surface area contributed by atoms with Gasteiger partial charge in [0.05, 0.1) is 17.0 Å². The minimum Gasteiger partial charge on any atom is -0.400 e. The molecule has 0 saturated heterocycles. The van der Waals surface area contributed by atoms with Crippen molar-refractivity contribution in [3.8, 4) is 11.3 Å². The van der Waals surface area contributed by atoms with E-state index in [-0.39, 0.29) is 11.3 Å². The smallest absolute Gasteiger partial charge is 0.196 e. The van der Waals surface area contributed by atoms with Crippen molar-refractivity contribution in [2.24, 2.45) is 5.73 Å². The van der Waals surface area contributed by atoms with E-state index >= 15 is 0 Å². The molecular weight excluding hydrogens is 426 g/mol. The highest BCUT2D eigenvalue weighted by Gasteiger charge is 2.26. The Hall–Kier alpha value is -3.45. The molecule has 0 saturated carbocycles. The Bertz CT molecular complexity index is 1310. The zero-order valence-electron chi connectivity index (χ0n) is 18.0. The number of rotatable bonds is 6. The summed E-state index contributed by atoms with van der Waals surface area (Å²) in [5.41, 5.74) is 10.5.